The van der Waals surface area contributed by atoms with E-state index in [0.717, 1.165) is 29.1 Å². The molecule has 2 aromatic heterocycles. The van der Waals surface area contributed by atoms with E-state index >= 15 is 0 Å². The molecule has 5 heteroatoms. The molecular formula is C20H17ClN4. The fourth-order valence-electron chi connectivity index (χ4n) is 2.86. The first kappa shape index (κ1) is 15.7. The van der Waals surface area contributed by atoms with Crippen molar-refractivity contribution in [2.24, 2.45) is 0 Å². The van der Waals surface area contributed by atoms with Crippen LogP contribution in [0.15, 0.2) is 67.1 Å². The molecule has 124 valence electrons. The van der Waals surface area contributed by atoms with Gasteiger partial charge in [-0.1, -0.05) is 41.9 Å². The van der Waals surface area contributed by atoms with Gasteiger partial charge in [-0.25, -0.2) is 9.97 Å². The van der Waals surface area contributed by atoms with E-state index < -0.39 is 0 Å². The van der Waals surface area contributed by atoms with Gasteiger partial charge in [-0.2, -0.15) is 0 Å². The topological polar surface area (TPSA) is 53.6 Å². The van der Waals surface area contributed by atoms with Crippen molar-refractivity contribution in [2.75, 3.05) is 11.9 Å². The Balaban J connectivity index is 1.39. The smallest absolute Gasteiger partial charge is 0.222 e. The predicted octanol–water partition coefficient (Wildman–Crippen LogP) is 4.93. The molecule has 2 N–H and O–H groups in total. The average Bonchev–Trinajstić information content (AvgIpc) is 3.06. The summed E-state index contributed by atoms with van der Waals surface area (Å²) in [5.41, 5.74) is 4.48. The lowest BCUT2D eigenvalue weighted by Gasteiger charge is -2.06. The van der Waals surface area contributed by atoms with Gasteiger partial charge >= 0.3 is 0 Å². The van der Waals surface area contributed by atoms with Gasteiger partial charge in [-0.05, 0) is 35.7 Å². The van der Waals surface area contributed by atoms with Crippen LogP contribution >= 0.6 is 11.6 Å². The highest BCUT2D eigenvalue weighted by Gasteiger charge is 2.04. The third kappa shape index (κ3) is 3.49. The lowest BCUT2D eigenvalue weighted by molar-refractivity contribution is 0.991. The summed E-state index contributed by atoms with van der Waals surface area (Å²) >= 11 is 5.92. The standard InChI is InChI=1S/C20H17ClN4/c21-17-7-5-14(6-8-17)16-12-24-20(25-13-16)22-10-9-15-11-23-19-4-2-1-3-18(15)19/h1-8,11-13,23H,9-10H2,(H,22,24,25). The molecule has 0 spiro atoms. The third-order valence-electron chi connectivity index (χ3n) is 4.18. The Kier molecular flexibility index (Phi) is 4.36. The molecule has 0 amide bonds. The predicted molar refractivity (Wildman–Crippen MR) is 103 cm³/mol. The third-order valence-corrected chi connectivity index (χ3v) is 4.43. The van der Waals surface area contributed by atoms with Crippen LogP contribution in [0.25, 0.3) is 22.0 Å². The first-order valence-electron chi connectivity index (χ1n) is 8.16. The number of H-pyrrole nitrogens is 1. The van der Waals surface area contributed by atoms with E-state index in [1.807, 2.05) is 42.7 Å². The number of nitrogens with zero attached hydrogens (tertiary/aromatic N) is 2. The average molecular weight is 349 g/mol. The summed E-state index contributed by atoms with van der Waals surface area (Å²) in [6.45, 7) is 0.780. The Morgan fingerprint density at radius 3 is 2.48 bits per heavy atom. The zero-order chi connectivity index (χ0) is 17.1. The van der Waals surface area contributed by atoms with Crippen molar-refractivity contribution < 1.29 is 0 Å². The number of nitrogens with one attached hydrogen (secondary N) is 2. The molecule has 4 aromatic rings. The van der Waals surface area contributed by atoms with Crippen LogP contribution < -0.4 is 5.32 Å². The minimum atomic E-state index is 0.637. The molecule has 0 aliphatic heterocycles. The Bertz CT molecular complexity index is 975. The van der Waals surface area contributed by atoms with E-state index in [0.29, 0.717) is 5.95 Å². The van der Waals surface area contributed by atoms with Crippen molar-refractivity contribution in [1.82, 2.24) is 15.0 Å². The minimum absolute atomic E-state index is 0.637. The number of aromatic nitrogens is 3. The monoisotopic (exact) mass is 348 g/mol. The summed E-state index contributed by atoms with van der Waals surface area (Å²) in [6, 6.07) is 16.0. The van der Waals surface area contributed by atoms with E-state index in [4.69, 9.17) is 11.6 Å². The van der Waals surface area contributed by atoms with Crippen molar-refractivity contribution in [3.63, 3.8) is 0 Å². The van der Waals surface area contributed by atoms with Crippen LogP contribution in [-0.2, 0) is 6.42 Å². The lowest BCUT2D eigenvalue weighted by Crippen LogP contribution is -2.07. The molecule has 0 unspecified atom stereocenters. The number of anilines is 1. The fourth-order valence-corrected chi connectivity index (χ4v) is 2.98. The van der Waals surface area contributed by atoms with Gasteiger partial charge in [0.2, 0.25) is 5.95 Å². The normalized spacial score (nSPS) is 10.9. The van der Waals surface area contributed by atoms with Gasteiger partial charge in [-0.15, -0.1) is 0 Å². The van der Waals surface area contributed by atoms with E-state index in [-0.39, 0.29) is 0 Å². The fraction of sp³-hybridized carbons (Fsp3) is 0.100. The number of aromatic amines is 1. The summed E-state index contributed by atoms with van der Waals surface area (Å²) < 4.78 is 0. The number of hydrogen-bond acceptors (Lipinski definition) is 3. The minimum Gasteiger partial charge on any atom is -0.361 e. The molecule has 0 saturated carbocycles. The Morgan fingerprint density at radius 2 is 1.68 bits per heavy atom. The van der Waals surface area contributed by atoms with Crippen LogP contribution in [0.2, 0.25) is 5.02 Å². The number of rotatable bonds is 5. The Labute approximate surface area is 150 Å². The van der Waals surface area contributed by atoms with E-state index in [1.54, 1.807) is 0 Å². The number of para-hydroxylation sites is 1. The summed E-state index contributed by atoms with van der Waals surface area (Å²) in [5.74, 6) is 0.637. The van der Waals surface area contributed by atoms with Crippen LogP contribution in [0.4, 0.5) is 5.95 Å². The van der Waals surface area contributed by atoms with Crippen LogP contribution in [0.5, 0.6) is 0 Å². The van der Waals surface area contributed by atoms with Gasteiger partial charge in [0.1, 0.15) is 0 Å². The molecule has 2 heterocycles. The second kappa shape index (κ2) is 6.95. The molecule has 0 saturated heterocycles. The van der Waals surface area contributed by atoms with Crippen LogP contribution in [0.3, 0.4) is 0 Å². The molecule has 0 fully saturated rings. The van der Waals surface area contributed by atoms with E-state index in [1.165, 1.54) is 16.5 Å². The summed E-state index contributed by atoms with van der Waals surface area (Å²) in [4.78, 5) is 12.1. The quantitative estimate of drug-likeness (QED) is 0.537. The van der Waals surface area contributed by atoms with Crippen molar-refractivity contribution in [1.29, 1.82) is 0 Å². The highest BCUT2D eigenvalue weighted by atomic mass is 35.5. The molecule has 4 rings (SSSR count). The molecule has 0 radical (unpaired) electrons. The van der Waals surface area contributed by atoms with E-state index in [9.17, 15) is 0 Å². The lowest BCUT2D eigenvalue weighted by atomic mass is 10.1. The molecule has 0 aliphatic rings. The first-order valence-corrected chi connectivity index (χ1v) is 8.54. The molecule has 0 aliphatic carbocycles. The van der Waals surface area contributed by atoms with Crippen LogP contribution in [0, 0.1) is 0 Å². The van der Waals surface area contributed by atoms with Crippen molar-refractivity contribution in [2.45, 2.75) is 6.42 Å². The van der Waals surface area contributed by atoms with Gasteiger partial charge in [0, 0.05) is 46.6 Å². The molecule has 2 aromatic carbocycles. The number of fused-ring (bicyclic) bond motifs is 1. The van der Waals surface area contributed by atoms with Crippen molar-refractivity contribution in [3.05, 3.63) is 77.7 Å². The molecule has 0 atom stereocenters. The molecule has 0 bridgehead atoms. The first-order chi connectivity index (χ1) is 12.3. The second-order valence-electron chi connectivity index (χ2n) is 5.84. The summed E-state index contributed by atoms with van der Waals surface area (Å²) in [5, 5.41) is 5.27. The maximum Gasteiger partial charge on any atom is 0.222 e. The van der Waals surface area contributed by atoms with Crippen LogP contribution in [0.1, 0.15) is 5.56 Å². The van der Waals surface area contributed by atoms with Crippen molar-refractivity contribution in [3.8, 4) is 11.1 Å². The maximum absolute atomic E-state index is 5.92. The Hall–Kier alpha value is -2.85. The summed E-state index contributed by atoms with van der Waals surface area (Å²) in [7, 11) is 0. The number of benzene rings is 2. The highest BCUT2D eigenvalue weighted by Crippen LogP contribution is 2.21. The van der Waals surface area contributed by atoms with Gasteiger partial charge in [0.25, 0.3) is 0 Å². The Morgan fingerprint density at radius 1 is 0.920 bits per heavy atom. The number of halogens is 1. The van der Waals surface area contributed by atoms with Gasteiger partial charge in [0.05, 0.1) is 0 Å². The molecular weight excluding hydrogens is 332 g/mol. The molecule has 4 nitrogen and oxygen atoms in total. The largest absolute Gasteiger partial charge is 0.361 e. The SMILES string of the molecule is Clc1ccc(-c2cnc(NCCc3c[nH]c4ccccc34)nc2)cc1. The van der Waals surface area contributed by atoms with Gasteiger partial charge in [-0.3, -0.25) is 0 Å². The summed E-state index contributed by atoms with van der Waals surface area (Å²) in [6.07, 6.45) is 6.62. The highest BCUT2D eigenvalue weighted by molar-refractivity contribution is 6.30. The maximum atomic E-state index is 5.92. The zero-order valence-corrected chi connectivity index (χ0v) is 14.3. The zero-order valence-electron chi connectivity index (χ0n) is 13.5. The molecule has 25 heavy (non-hydrogen) atoms. The van der Waals surface area contributed by atoms with Gasteiger partial charge < -0.3 is 10.3 Å². The number of hydrogen-bond donors (Lipinski definition) is 2. The van der Waals surface area contributed by atoms with Crippen molar-refractivity contribution >= 4 is 28.5 Å². The van der Waals surface area contributed by atoms with Gasteiger partial charge in [0.15, 0.2) is 0 Å². The van der Waals surface area contributed by atoms with E-state index in [2.05, 4.69) is 44.7 Å². The second-order valence-corrected chi connectivity index (χ2v) is 6.27. The van der Waals surface area contributed by atoms with Crippen LogP contribution in [-0.4, -0.2) is 21.5 Å².